The van der Waals surface area contributed by atoms with Crippen molar-refractivity contribution < 1.29 is 47.0 Å². The summed E-state index contributed by atoms with van der Waals surface area (Å²) < 4.78 is 47.3. The first kappa shape index (κ1) is 38.7. The van der Waals surface area contributed by atoms with Crippen LogP contribution in [0.1, 0.15) is 54.1 Å². The second kappa shape index (κ2) is 13.4. The number of imide groups is 2. The number of hydrogen-bond donors (Lipinski definition) is 1. The molecular formula is C43H34ClF3N4O7S. The number of halogens is 4. The Morgan fingerprint density at radius 1 is 0.966 bits per heavy atom. The summed E-state index contributed by atoms with van der Waals surface area (Å²) in [5, 5.41) is 17.6. The number of carbonyl (C=O) groups is 5. The summed E-state index contributed by atoms with van der Waals surface area (Å²) in [7, 11) is 1.59. The van der Waals surface area contributed by atoms with E-state index in [4.69, 9.17) is 16.7 Å². The summed E-state index contributed by atoms with van der Waals surface area (Å²) in [4.78, 5) is 73.4. The van der Waals surface area contributed by atoms with E-state index >= 15 is 4.79 Å². The van der Waals surface area contributed by atoms with Crippen molar-refractivity contribution >= 4 is 73.9 Å². The molecule has 302 valence electrons. The Balaban J connectivity index is 1.16. The molecule has 1 N–H and O–H groups in total. The molecule has 3 aromatic carbocycles. The number of fused-ring (bicyclic) bond motifs is 5. The number of alkyl halides is 3. The number of amides is 4. The summed E-state index contributed by atoms with van der Waals surface area (Å²) in [6, 6.07) is 16.2. The van der Waals surface area contributed by atoms with Crippen molar-refractivity contribution in [1.82, 2.24) is 9.78 Å². The van der Waals surface area contributed by atoms with Gasteiger partial charge in [-0.25, -0.2) is 4.90 Å². The zero-order valence-electron chi connectivity index (χ0n) is 31.8. The third-order valence-electron chi connectivity index (χ3n) is 12.6. The standard InChI is InChI=1S/C43H34ClF3N4O7S/c1-19-27-15-22(44)7-14-33(27)59-37(19)31-18-34(49(4)48-31)51-39(55)30-17-28-25(36(42(30,3)41(51)57)29-16-24(10-13-32(29)53)58-43(45,46)47)11-12-26-35(28)40(56)50(38(26)54)23-8-5-21(6-9-23)20(2)52/h5-11,13-16,18,26,28,30,35-36,53H,12,17H2,1-4H3/t26-,28+,30-,35-,36+,42+/m0/s1. The molecular weight excluding hydrogens is 809 g/mol. The van der Waals surface area contributed by atoms with E-state index in [0.29, 0.717) is 21.9 Å². The second-order valence-corrected chi connectivity index (χ2v) is 17.2. The number of anilines is 2. The van der Waals surface area contributed by atoms with Crippen LogP contribution in [0.3, 0.4) is 0 Å². The number of thiophene rings is 1. The third kappa shape index (κ3) is 5.83. The number of nitrogens with zero attached hydrogens (tertiary/aromatic N) is 4. The highest BCUT2D eigenvalue weighted by Gasteiger charge is 2.68. The van der Waals surface area contributed by atoms with Gasteiger partial charge in [-0.05, 0) is 111 Å². The van der Waals surface area contributed by atoms with Gasteiger partial charge in [0, 0.05) is 39.9 Å². The molecule has 2 saturated heterocycles. The van der Waals surface area contributed by atoms with E-state index in [1.54, 1.807) is 32.2 Å². The molecule has 2 aromatic heterocycles. The van der Waals surface area contributed by atoms with E-state index in [9.17, 15) is 37.5 Å². The van der Waals surface area contributed by atoms with E-state index in [1.807, 2.05) is 19.1 Å². The minimum Gasteiger partial charge on any atom is -0.508 e. The van der Waals surface area contributed by atoms with Crippen molar-refractivity contribution in [3.63, 3.8) is 0 Å². The van der Waals surface area contributed by atoms with E-state index in [1.165, 1.54) is 47.2 Å². The predicted octanol–water partition coefficient (Wildman–Crippen LogP) is 8.51. The Morgan fingerprint density at radius 2 is 1.69 bits per heavy atom. The number of ketones is 1. The summed E-state index contributed by atoms with van der Waals surface area (Å²) >= 11 is 7.76. The number of carbonyl (C=O) groups excluding carboxylic acids is 5. The fourth-order valence-corrected chi connectivity index (χ4v) is 11.2. The van der Waals surface area contributed by atoms with Crippen molar-refractivity contribution in [3.8, 4) is 22.1 Å². The molecule has 1 saturated carbocycles. The number of benzene rings is 3. The lowest BCUT2D eigenvalue weighted by Crippen LogP contribution is -2.49. The SMILES string of the molecule is CC(=O)c1ccc(N2C(=O)[C@H]3[C@H](CC=C4[C@H]3C[C@H]3C(=O)N(c5cc(-c6sc7ccc(Cl)cc7c6C)nn5C)C(=O)[C@@]3(C)[C@H]4c3cc(OC(F)(F)F)ccc3O)C2=O)cc1. The van der Waals surface area contributed by atoms with Crippen LogP contribution in [-0.4, -0.2) is 50.7 Å². The van der Waals surface area contributed by atoms with Crippen LogP contribution < -0.4 is 14.5 Å². The van der Waals surface area contributed by atoms with Crippen molar-refractivity contribution in [3.05, 3.63) is 100 Å². The predicted molar refractivity (Wildman–Crippen MR) is 212 cm³/mol. The molecule has 4 heterocycles. The topological polar surface area (TPSA) is 139 Å². The number of allylic oxidation sites excluding steroid dienone is 2. The zero-order chi connectivity index (χ0) is 42.0. The molecule has 2 aliphatic carbocycles. The number of rotatable bonds is 6. The summed E-state index contributed by atoms with van der Waals surface area (Å²) in [6.45, 7) is 4.88. The van der Waals surface area contributed by atoms with Gasteiger partial charge in [-0.15, -0.1) is 24.5 Å². The lowest BCUT2D eigenvalue weighted by molar-refractivity contribution is -0.274. The normalized spacial score (nSPS) is 25.4. The number of aromatic nitrogens is 2. The number of phenols is 1. The Kier molecular flexibility index (Phi) is 8.76. The molecule has 3 fully saturated rings. The van der Waals surface area contributed by atoms with Crippen molar-refractivity contribution in [2.75, 3.05) is 9.80 Å². The third-order valence-corrected chi connectivity index (χ3v) is 14.1. The first-order valence-corrected chi connectivity index (χ1v) is 20.0. The number of ether oxygens (including phenoxy) is 1. The minimum absolute atomic E-state index is 0.0440. The summed E-state index contributed by atoms with van der Waals surface area (Å²) in [6.07, 6.45) is -3.35. The number of aryl methyl sites for hydroxylation is 2. The molecule has 2 aliphatic heterocycles. The van der Waals surface area contributed by atoms with Gasteiger partial charge in [0.25, 0.3) is 0 Å². The summed E-state index contributed by atoms with van der Waals surface area (Å²) in [5.74, 6) is -8.49. The number of phenolic OH excluding ortho intramolecular Hbond substituents is 1. The van der Waals surface area contributed by atoms with E-state index in [-0.39, 0.29) is 35.7 Å². The van der Waals surface area contributed by atoms with Crippen LogP contribution in [0.2, 0.25) is 5.02 Å². The molecule has 9 rings (SSSR count). The van der Waals surface area contributed by atoms with Gasteiger partial charge in [0.2, 0.25) is 23.6 Å². The average molecular weight is 843 g/mol. The van der Waals surface area contributed by atoms with E-state index in [2.05, 4.69) is 4.74 Å². The smallest absolute Gasteiger partial charge is 0.508 e. The minimum atomic E-state index is -5.08. The van der Waals surface area contributed by atoms with Gasteiger partial charge in [-0.2, -0.15) is 5.10 Å². The Morgan fingerprint density at radius 3 is 2.39 bits per heavy atom. The number of aromatic hydroxyl groups is 1. The zero-order valence-corrected chi connectivity index (χ0v) is 33.4. The summed E-state index contributed by atoms with van der Waals surface area (Å²) in [5.41, 5.74) is 0.702. The molecule has 5 aromatic rings. The van der Waals surface area contributed by atoms with Gasteiger partial charge in [-0.3, -0.25) is 33.6 Å². The van der Waals surface area contributed by atoms with Crippen LogP contribution in [0, 0.1) is 36.0 Å². The maximum absolute atomic E-state index is 15.1. The van der Waals surface area contributed by atoms with Gasteiger partial charge in [0.1, 0.15) is 23.0 Å². The first-order chi connectivity index (χ1) is 27.9. The molecule has 6 atom stereocenters. The highest BCUT2D eigenvalue weighted by molar-refractivity contribution is 7.22. The number of Topliss-reactive ketones (excluding diaryl/α,β-unsaturated/α-hetero) is 1. The van der Waals surface area contributed by atoms with Crippen LogP contribution >= 0.6 is 22.9 Å². The van der Waals surface area contributed by atoms with Crippen LogP contribution in [-0.2, 0) is 26.2 Å². The Bertz CT molecular complexity index is 2720. The number of hydrogen-bond acceptors (Lipinski definition) is 9. The average Bonchev–Trinajstić information content (AvgIpc) is 3.85. The van der Waals surface area contributed by atoms with Crippen LogP contribution in [0.25, 0.3) is 20.7 Å². The van der Waals surface area contributed by atoms with Crippen molar-refractivity contribution in [2.24, 2.45) is 36.1 Å². The second-order valence-electron chi connectivity index (χ2n) is 15.8. The molecule has 0 radical (unpaired) electrons. The van der Waals surface area contributed by atoms with E-state index in [0.717, 1.165) is 48.5 Å². The monoisotopic (exact) mass is 842 g/mol. The van der Waals surface area contributed by atoms with Gasteiger partial charge in [0.15, 0.2) is 5.78 Å². The molecule has 16 heteroatoms. The molecule has 4 amide bonds. The van der Waals surface area contributed by atoms with Crippen LogP contribution in [0.15, 0.2) is 78.4 Å². The first-order valence-electron chi connectivity index (χ1n) is 18.8. The molecule has 0 spiro atoms. The maximum atomic E-state index is 15.1. The fourth-order valence-electron chi connectivity index (χ4n) is 9.85. The lowest BCUT2D eigenvalue weighted by atomic mass is 9.51. The highest BCUT2D eigenvalue weighted by Crippen LogP contribution is 2.65. The Labute approximate surface area is 343 Å². The van der Waals surface area contributed by atoms with E-state index < -0.39 is 76.5 Å². The molecule has 4 aliphatic rings. The Hall–Kier alpha value is -5.80. The molecule has 11 nitrogen and oxygen atoms in total. The molecule has 0 unspecified atom stereocenters. The maximum Gasteiger partial charge on any atom is 0.573 e. The van der Waals surface area contributed by atoms with Gasteiger partial charge in [-0.1, -0.05) is 23.3 Å². The quantitative estimate of drug-likeness (QED) is 0.102. The molecule has 59 heavy (non-hydrogen) atoms. The largest absolute Gasteiger partial charge is 0.573 e. The van der Waals surface area contributed by atoms with Crippen LogP contribution in [0.5, 0.6) is 11.5 Å². The van der Waals surface area contributed by atoms with Gasteiger partial charge >= 0.3 is 6.36 Å². The highest BCUT2D eigenvalue weighted by atomic mass is 35.5. The van der Waals surface area contributed by atoms with Crippen LogP contribution in [0.4, 0.5) is 24.7 Å². The lowest BCUT2D eigenvalue weighted by Gasteiger charge is -2.49. The molecule has 0 bridgehead atoms. The van der Waals surface area contributed by atoms with Gasteiger partial charge in [0.05, 0.1) is 33.7 Å². The van der Waals surface area contributed by atoms with Crippen molar-refractivity contribution in [1.29, 1.82) is 0 Å². The van der Waals surface area contributed by atoms with Crippen molar-refractivity contribution in [2.45, 2.75) is 45.9 Å². The van der Waals surface area contributed by atoms with Gasteiger partial charge < -0.3 is 9.84 Å². The fraction of sp³-hybridized carbons (Fsp3) is 0.302.